The minimum atomic E-state index is -0.142. The molecule has 0 saturated heterocycles. The lowest BCUT2D eigenvalue weighted by atomic mass is 10.3. The summed E-state index contributed by atoms with van der Waals surface area (Å²) in [5.74, 6) is -0.142. The lowest BCUT2D eigenvalue weighted by Gasteiger charge is -1.90. The molecule has 0 unspecified atom stereocenters. The molecular formula is C10H4ClN5O2. The molecule has 18 heavy (non-hydrogen) atoms. The topological polar surface area (TPSA) is 101 Å². The second-order valence-electron chi connectivity index (χ2n) is 3.28. The molecule has 0 bridgehead atoms. The Morgan fingerprint density at radius 3 is 2.89 bits per heavy atom. The zero-order chi connectivity index (χ0) is 12.5. The highest BCUT2D eigenvalue weighted by Crippen LogP contribution is 2.24. The Kier molecular flexibility index (Phi) is 2.35. The fourth-order valence-electron chi connectivity index (χ4n) is 1.36. The number of rotatable bonds is 2. The molecule has 3 rings (SSSR count). The Morgan fingerprint density at radius 1 is 1.22 bits per heavy atom. The second-order valence-corrected chi connectivity index (χ2v) is 3.72. The van der Waals surface area contributed by atoms with Crippen molar-refractivity contribution in [3.8, 4) is 6.07 Å². The van der Waals surface area contributed by atoms with Crippen molar-refractivity contribution in [3.05, 3.63) is 29.1 Å². The maximum absolute atomic E-state index is 8.53. The van der Waals surface area contributed by atoms with Gasteiger partial charge < -0.3 is 8.83 Å². The van der Waals surface area contributed by atoms with Gasteiger partial charge in [-0.3, -0.25) is 5.32 Å². The first-order chi connectivity index (χ1) is 8.74. The van der Waals surface area contributed by atoms with Crippen LogP contribution in [0.15, 0.2) is 27.0 Å². The van der Waals surface area contributed by atoms with E-state index < -0.39 is 0 Å². The molecule has 0 amide bonds. The molecule has 2 aromatic heterocycles. The number of nitrogens with one attached hydrogen (secondary N) is 1. The molecular weight excluding hydrogens is 258 g/mol. The van der Waals surface area contributed by atoms with Gasteiger partial charge in [-0.25, -0.2) is 0 Å². The van der Waals surface area contributed by atoms with E-state index in [0.717, 1.165) is 0 Å². The molecule has 0 radical (unpaired) electrons. The van der Waals surface area contributed by atoms with Crippen molar-refractivity contribution in [2.45, 2.75) is 0 Å². The Balaban J connectivity index is 1.93. The van der Waals surface area contributed by atoms with Crippen molar-refractivity contribution in [3.63, 3.8) is 0 Å². The molecule has 0 aliphatic carbocycles. The average Bonchev–Trinajstić information content (AvgIpc) is 2.95. The SMILES string of the molecule is N#Cc1nnc(Nc2nc3ccc(Cl)cc3o2)o1. The van der Waals surface area contributed by atoms with E-state index in [-0.39, 0.29) is 17.9 Å². The summed E-state index contributed by atoms with van der Waals surface area (Å²) in [6, 6.07) is 7.00. The van der Waals surface area contributed by atoms with Crippen molar-refractivity contribution in [2.75, 3.05) is 5.32 Å². The molecule has 0 fully saturated rings. The maximum atomic E-state index is 8.53. The highest BCUT2D eigenvalue weighted by molar-refractivity contribution is 6.31. The van der Waals surface area contributed by atoms with E-state index in [2.05, 4.69) is 20.5 Å². The van der Waals surface area contributed by atoms with Crippen molar-refractivity contribution >= 4 is 34.7 Å². The van der Waals surface area contributed by atoms with Crippen molar-refractivity contribution < 1.29 is 8.83 Å². The monoisotopic (exact) mass is 261 g/mol. The second kappa shape index (κ2) is 4.01. The standard InChI is InChI=1S/C10H4ClN5O2/c11-5-1-2-6-7(3-5)17-9(13-6)14-10-16-15-8(4-12)18-10/h1-3H,(H,13,14,16). The number of nitrogens with zero attached hydrogens (tertiary/aromatic N) is 4. The zero-order valence-corrected chi connectivity index (χ0v) is 9.47. The summed E-state index contributed by atoms with van der Waals surface area (Å²) >= 11 is 5.83. The minimum Gasteiger partial charge on any atom is -0.423 e. The van der Waals surface area contributed by atoms with Crippen LogP contribution in [0.4, 0.5) is 12.0 Å². The van der Waals surface area contributed by atoms with Gasteiger partial charge in [0.15, 0.2) is 11.7 Å². The average molecular weight is 262 g/mol. The van der Waals surface area contributed by atoms with Gasteiger partial charge in [-0.1, -0.05) is 21.8 Å². The number of fused-ring (bicyclic) bond motifs is 1. The molecule has 2 heterocycles. The smallest absolute Gasteiger partial charge is 0.324 e. The van der Waals surface area contributed by atoms with Crippen LogP contribution in [0, 0.1) is 11.3 Å². The molecule has 1 N–H and O–H groups in total. The third-order valence-electron chi connectivity index (χ3n) is 2.08. The highest BCUT2D eigenvalue weighted by atomic mass is 35.5. The fraction of sp³-hybridized carbons (Fsp3) is 0. The summed E-state index contributed by atoms with van der Waals surface area (Å²) in [5, 5.41) is 18.8. The summed E-state index contributed by atoms with van der Waals surface area (Å²) in [6.45, 7) is 0. The van der Waals surface area contributed by atoms with E-state index in [1.807, 2.05) is 0 Å². The number of benzene rings is 1. The van der Waals surface area contributed by atoms with Gasteiger partial charge in [-0.05, 0) is 12.1 Å². The van der Waals surface area contributed by atoms with E-state index >= 15 is 0 Å². The van der Waals surface area contributed by atoms with Crippen LogP contribution in [-0.4, -0.2) is 15.2 Å². The van der Waals surface area contributed by atoms with Gasteiger partial charge in [0.25, 0.3) is 0 Å². The predicted molar refractivity (Wildman–Crippen MR) is 61.3 cm³/mol. The molecule has 7 nitrogen and oxygen atoms in total. The first kappa shape index (κ1) is 10.6. The normalized spacial score (nSPS) is 10.4. The van der Waals surface area contributed by atoms with Gasteiger partial charge in [-0.2, -0.15) is 10.2 Å². The first-order valence-corrected chi connectivity index (χ1v) is 5.19. The molecule has 8 heteroatoms. The van der Waals surface area contributed by atoms with E-state index in [0.29, 0.717) is 16.1 Å². The molecule has 0 aliphatic heterocycles. The highest BCUT2D eigenvalue weighted by Gasteiger charge is 2.10. The van der Waals surface area contributed by atoms with Crippen molar-refractivity contribution in [1.29, 1.82) is 5.26 Å². The number of anilines is 2. The lowest BCUT2D eigenvalue weighted by Crippen LogP contribution is -1.89. The molecule has 0 atom stereocenters. The number of aromatic nitrogens is 3. The number of oxazole rings is 1. The molecule has 1 aromatic carbocycles. The molecule has 3 aromatic rings. The van der Waals surface area contributed by atoms with Crippen LogP contribution in [0.25, 0.3) is 11.1 Å². The Bertz CT molecular complexity index is 757. The van der Waals surface area contributed by atoms with Gasteiger partial charge in [0, 0.05) is 11.1 Å². The van der Waals surface area contributed by atoms with Crippen LogP contribution < -0.4 is 5.32 Å². The van der Waals surface area contributed by atoms with Gasteiger partial charge in [0.05, 0.1) is 0 Å². The predicted octanol–water partition coefficient (Wildman–Crippen LogP) is 2.48. The lowest BCUT2D eigenvalue weighted by molar-refractivity contribution is 0.546. The van der Waals surface area contributed by atoms with Crippen molar-refractivity contribution in [2.24, 2.45) is 0 Å². The fourth-order valence-corrected chi connectivity index (χ4v) is 1.52. The summed E-state index contributed by atoms with van der Waals surface area (Å²) in [6.07, 6.45) is 0. The van der Waals surface area contributed by atoms with E-state index in [9.17, 15) is 0 Å². The minimum absolute atomic E-state index is 0.0317. The Labute approximate surface area is 105 Å². The molecule has 88 valence electrons. The number of halogens is 1. The zero-order valence-electron chi connectivity index (χ0n) is 8.72. The summed E-state index contributed by atoms with van der Waals surface area (Å²) < 4.78 is 10.3. The number of hydrogen-bond acceptors (Lipinski definition) is 7. The van der Waals surface area contributed by atoms with Gasteiger partial charge in [-0.15, -0.1) is 0 Å². The largest absolute Gasteiger partial charge is 0.423 e. The van der Waals surface area contributed by atoms with Crippen LogP contribution in [0.1, 0.15) is 5.89 Å². The van der Waals surface area contributed by atoms with Crippen LogP contribution >= 0.6 is 11.6 Å². The van der Waals surface area contributed by atoms with Gasteiger partial charge in [0.2, 0.25) is 0 Å². The maximum Gasteiger partial charge on any atom is 0.324 e. The third kappa shape index (κ3) is 1.85. The molecule has 0 aliphatic rings. The van der Waals surface area contributed by atoms with E-state index in [4.69, 9.17) is 25.7 Å². The Hall–Kier alpha value is -2.59. The summed E-state index contributed by atoms with van der Waals surface area (Å²) in [5.41, 5.74) is 1.17. The van der Waals surface area contributed by atoms with Crippen molar-refractivity contribution in [1.82, 2.24) is 15.2 Å². The molecule has 0 saturated carbocycles. The summed E-state index contributed by atoms with van der Waals surface area (Å²) in [7, 11) is 0. The van der Waals surface area contributed by atoms with E-state index in [1.54, 1.807) is 24.3 Å². The van der Waals surface area contributed by atoms with Crippen LogP contribution in [0.3, 0.4) is 0 Å². The number of nitriles is 1. The van der Waals surface area contributed by atoms with E-state index in [1.165, 1.54) is 0 Å². The van der Waals surface area contributed by atoms with Gasteiger partial charge >= 0.3 is 17.9 Å². The molecule has 0 spiro atoms. The van der Waals surface area contributed by atoms with Crippen LogP contribution in [0.2, 0.25) is 5.02 Å². The Morgan fingerprint density at radius 2 is 2.11 bits per heavy atom. The van der Waals surface area contributed by atoms with Gasteiger partial charge in [0.1, 0.15) is 5.52 Å². The summed E-state index contributed by atoms with van der Waals surface area (Å²) in [4.78, 5) is 4.14. The third-order valence-corrected chi connectivity index (χ3v) is 2.32. The number of hydrogen-bond donors (Lipinski definition) is 1. The van der Waals surface area contributed by atoms with Crippen LogP contribution in [0.5, 0.6) is 0 Å². The quantitative estimate of drug-likeness (QED) is 0.756. The first-order valence-electron chi connectivity index (χ1n) is 4.81. The van der Waals surface area contributed by atoms with Crippen LogP contribution in [-0.2, 0) is 0 Å².